The third-order valence-electron chi connectivity index (χ3n) is 10.4. The van der Waals surface area contributed by atoms with E-state index in [9.17, 15) is 4.79 Å². The maximum Gasteiger partial charge on any atom is 0.223 e. The van der Waals surface area contributed by atoms with Crippen molar-refractivity contribution in [3.05, 3.63) is 35.5 Å². The van der Waals surface area contributed by atoms with Gasteiger partial charge in [-0.1, -0.05) is 96.1 Å². The second-order valence-electron chi connectivity index (χ2n) is 14.7. The minimum atomic E-state index is -0.0432. The van der Waals surface area contributed by atoms with Gasteiger partial charge >= 0.3 is 0 Å². The number of carbonyl (C=O) groups is 1. The Bertz CT molecular complexity index is 867. The van der Waals surface area contributed by atoms with Crippen LogP contribution in [0.15, 0.2) is 35.5 Å². The van der Waals surface area contributed by atoms with Crippen LogP contribution < -0.4 is 11.1 Å². The van der Waals surface area contributed by atoms with E-state index in [-0.39, 0.29) is 23.5 Å². The molecule has 0 aromatic carbocycles. The van der Waals surface area contributed by atoms with E-state index < -0.39 is 0 Å². The van der Waals surface area contributed by atoms with Crippen LogP contribution in [0.5, 0.6) is 0 Å². The van der Waals surface area contributed by atoms with Crippen LogP contribution in [0.4, 0.5) is 0 Å². The number of hydrogen-bond donors (Lipinski definition) is 2. The van der Waals surface area contributed by atoms with Crippen LogP contribution in [0.1, 0.15) is 157 Å². The minimum absolute atomic E-state index is 0.0432. The number of rotatable bonds is 20. The number of unbranched alkanes of at least 4 members (excludes halogenated alkanes) is 1. The highest BCUT2D eigenvalue weighted by atomic mass is 16.5. The molecule has 0 spiro atoms. The first-order chi connectivity index (χ1) is 20.6. The number of hydrogen-bond acceptors (Lipinski definition) is 3. The van der Waals surface area contributed by atoms with E-state index in [1.165, 1.54) is 68.9 Å². The first-order valence-electron chi connectivity index (χ1n) is 18.3. The van der Waals surface area contributed by atoms with Crippen molar-refractivity contribution in [3.8, 4) is 0 Å². The Labute approximate surface area is 267 Å². The Morgan fingerprint density at radius 2 is 1.84 bits per heavy atom. The topological polar surface area (TPSA) is 64.3 Å². The second kappa shape index (κ2) is 20.6. The lowest BCUT2D eigenvalue weighted by Gasteiger charge is -2.30. The molecule has 0 aromatic rings. The fraction of sp³-hybridized carbons (Fsp3) is 0.821. The van der Waals surface area contributed by atoms with Crippen LogP contribution in [0.3, 0.4) is 0 Å². The smallest absolute Gasteiger partial charge is 0.223 e. The van der Waals surface area contributed by atoms with E-state index in [4.69, 9.17) is 10.5 Å². The van der Waals surface area contributed by atoms with Crippen molar-refractivity contribution in [3.63, 3.8) is 0 Å². The quantitative estimate of drug-likeness (QED) is 0.137. The molecule has 0 radical (unpaired) electrons. The van der Waals surface area contributed by atoms with Crippen LogP contribution in [-0.4, -0.2) is 30.7 Å². The fourth-order valence-corrected chi connectivity index (χ4v) is 7.25. The molecule has 5 atom stereocenters. The Morgan fingerprint density at radius 1 is 1.05 bits per heavy atom. The number of amides is 1. The van der Waals surface area contributed by atoms with Crippen molar-refractivity contribution in [2.24, 2.45) is 29.4 Å². The Hall–Kier alpha value is -1.39. The number of ether oxygens (including phenoxy) is 1. The number of nitrogens with two attached hydrogens (primary N) is 1. The van der Waals surface area contributed by atoms with Gasteiger partial charge in [0.15, 0.2) is 0 Å². The third-order valence-corrected chi connectivity index (χ3v) is 10.4. The van der Waals surface area contributed by atoms with Crippen LogP contribution in [0.25, 0.3) is 0 Å². The molecule has 43 heavy (non-hydrogen) atoms. The molecule has 0 bridgehead atoms. The molecule has 248 valence electrons. The SMILES string of the molecule is C=C1CC[C@H](OCCCNC(=O)C(CC)CCCC)C/C1=C/C=C1\CCCCC1CCC(CC)[C@H](C)CCCC(C)(C)N. The van der Waals surface area contributed by atoms with Gasteiger partial charge in [0.05, 0.1) is 6.10 Å². The molecule has 2 fully saturated rings. The highest BCUT2D eigenvalue weighted by molar-refractivity contribution is 5.78. The van der Waals surface area contributed by atoms with Crippen molar-refractivity contribution in [2.45, 2.75) is 169 Å². The van der Waals surface area contributed by atoms with Gasteiger partial charge in [0.1, 0.15) is 0 Å². The highest BCUT2D eigenvalue weighted by Gasteiger charge is 2.24. The lowest BCUT2D eigenvalue weighted by atomic mass is 9.76. The molecule has 1 amide bonds. The van der Waals surface area contributed by atoms with Gasteiger partial charge in [0, 0.05) is 24.6 Å². The maximum atomic E-state index is 12.5. The molecule has 3 N–H and O–H groups in total. The average molecular weight is 599 g/mol. The summed E-state index contributed by atoms with van der Waals surface area (Å²) in [5.74, 6) is 2.72. The van der Waals surface area contributed by atoms with Gasteiger partial charge in [-0.05, 0) is 114 Å². The average Bonchev–Trinajstić information content (AvgIpc) is 2.97. The summed E-state index contributed by atoms with van der Waals surface area (Å²) < 4.78 is 6.29. The summed E-state index contributed by atoms with van der Waals surface area (Å²) in [6, 6.07) is 0. The van der Waals surface area contributed by atoms with Crippen LogP contribution in [0.2, 0.25) is 0 Å². The molecule has 0 saturated heterocycles. The number of carbonyl (C=O) groups excluding carboxylic acids is 1. The van der Waals surface area contributed by atoms with Gasteiger partial charge in [0.2, 0.25) is 5.91 Å². The van der Waals surface area contributed by atoms with Crippen molar-refractivity contribution in [2.75, 3.05) is 13.2 Å². The molecular weight excluding hydrogens is 528 g/mol. The summed E-state index contributed by atoms with van der Waals surface area (Å²) in [6.07, 6.45) is 26.2. The van der Waals surface area contributed by atoms with E-state index in [0.717, 1.165) is 75.5 Å². The summed E-state index contributed by atoms with van der Waals surface area (Å²) >= 11 is 0. The zero-order chi connectivity index (χ0) is 31.7. The van der Waals surface area contributed by atoms with Gasteiger partial charge < -0.3 is 15.8 Å². The Balaban J connectivity index is 1.83. The molecule has 4 heteroatoms. The summed E-state index contributed by atoms with van der Waals surface area (Å²) in [6.45, 7) is 19.3. The van der Waals surface area contributed by atoms with Crippen LogP contribution in [-0.2, 0) is 9.53 Å². The predicted octanol–water partition coefficient (Wildman–Crippen LogP) is 10.2. The molecule has 2 aliphatic rings. The summed E-state index contributed by atoms with van der Waals surface area (Å²) in [4.78, 5) is 12.5. The van der Waals surface area contributed by atoms with Crippen molar-refractivity contribution in [1.82, 2.24) is 5.32 Å². The van der Waals surface area contributed by atoms with E-state index in [2.05, 4.69) is 65.6 Å². The predicted molar refractivity (Wildman–Crippen MR) is 186 cm³/mol. The van der Waals surface area contributed by atoms with Crippen molar-refractivity contribution in [1.29, 1.82) is 0 Å². The van der Waals surface area contributed by atoms with Gasteiger partial charge in [-0.2, -0.15) is 0 Å². The molecule has 4 nitrogen and oxygen atoms in total. The first-order valence-corrected chi connectivity index (χ1v) is 18.3. The third kappa shape index (κ3) is 15.0. The maximum absolute atomic E-state index is 12.5. The second-order valence-corrected chi connectivity index (χ2v) is 14.7. The summed E-state index contributed by atoms with van der Waals surface area (Å²) in [5.41, 5.74) is 10.5. The lowest BCUT2D eigenvalue weighted by molar-refractivity contribution is -0.125. The minimum Gasteiger partial charge on any atom is -0.378 e. The molecule has 0 aliphatic heterocycles. The molecule has 0 aromatic heterocycles. The zero-order valence-corrected chi connectivity index (χ0v) is 29.3. The van der Waals surface area contributed by atoms with E-state index >= 15 is 0 Å². The molecule has 3 unspecified atom stereocenters. The first kappa shape index (κ1) is 37.8. The molecule has 0 heterocycles. The molecule has 2 aliphatic carbocycles. The van der Waals surface area contributed by atoms with Crippen LogP contribution in [0, 0.1) is 23.7 Å². The van der Waals surface area contributed by atoms with Gasteiger partial charge in [-0.3, -0.25) is 4.79 Å². The van der Waals surface area contributed by atoms with E-state index in [1.54, 1.807) is 5.57 Å². The van der Waals surface area contributed by atoms with E-state index in [1.807, 2.05) is 0 Å². The lowest BCUT2D eigenvalue weighted by Crippen LogP contribution is -2.32. The van der Waals surface area contributed by atoms with Gasteiger partial charge in [-0.15, -0.1) is 0 Å². The Kier molecular flexibility index (Phi) is 18.1. The molecule has 2 rings (SSSR count). The van der Waals surface area contributed by atoms with Crippen LogP contribution >= 0.6 is 0 Å². The summed E-state index contributed by atoms with van der Waals surface area (Å²) in [7, 11) is 0. The number of allylic oxidation sites excluding steroid dienone is 4. The van der Waals surface area contributed by atoms with Gasteiger partial charge in [-0.25, -0.2) is 0 Å². The molecular formula is C39H70N2O2. The molecule has 2 saturated carbocycles. The summed E-state index contributed by atoms with van der Waals surface area (Å²) in [5, 5.41) is 3.14. The van der Waals surface area contributed by atoms with Gasteiger partial charge in [0.25, 0.3) is 0 Å². The van der Waals surface area contributed by atoms with Crippen molar-refractivity contribution < 1.29 is 9.53 Å². The number of nitrogens with one attached hydrogen (secondary N) is 1. The standard InChI is InChI=1S/C39H70N2O2/c1-8-11-17-33(10-3)38(42)41-27-15-28-43-37-25-20-31(5)36(29-37)24-23-35-19-13-12-18-34(35)22-21-32(9-2)30(4)16-14-26-39(6,7)40/h23-24,30,32-34,37H,5,8-22,25-29,40H2,1-4,6-7H3,(H,41,42)/b35-23+,36-24-/t30-,32?,33?,34?,37+/m1/s1. The Morgan fingerprint density at radius 3 is 2.53 bits per heavy atom. The fourth-order valence-electron chi connectivity index (χ4n) is 7.25. The normalized spacial score (nSPS) is 23.8. The zero-order valence-electron chi connectivity index (χ0n) is 29.3. The highest BCUT2D eigenvalue weighted by Crippen LogP contribution is 2.37. The monoisotopic (exact) mass is 599 g/mol. The largest absolute Gasteiger partial charge is 0.378 e. The van der Waals surface area contributed by atoms with Crippen molar-refractivity contribution >= 4 is 5.91 Å². The van der Waals surface area contributed by atoms with E-state index in [0.29, 0.717) is 13.2 Å².